The third-order valence-corrected chi connectivity index (χ3v) is 3.57. The van der Waals surface area contributed by atoms with Gasteiger partial charge in [-0.3, -0.25) is 0 Å². The van der Waals surface area contributed by atoms with Gasteiger partial charge in [-0.25, -0.2) is 0 Å². The van der Waals surface area contributed by atoms with Crippen molar-refractivity contribution in [3.63, 3.8) is 0 Å². The predicted octanol–water partition coefficient (Wildman–Crippen LogP) is 3.10. The molecule has 0 aromatic heterocycles. The van der Waals surface area contributed by atoms with Gasteiger partial charge in [0.25, 0.3) is 0 Å². The van der Waals surface area contributed by atoms with E-state index in [1.165, 1.54) is 25.7 Å². The first-order chi connectivity index (χ1) is 7.12. The van der Waals surface area contributed by atoms with Gasteiger partial charge in [-0.2, -0.15) is 0 Å². The highest BCUT2D eigenvalue weighted by atomic mass is 16.5. The summed E-state index contributed by atoms with van der Waals surface area (Å²) in [6.45, 7) is 7.17. The topological polar surface area (TPSA) is 35.2 Å². The molecular weight excluding hydrogens is 186 g/mol. The van der Waals surface area contributed by atoms with Gasteiger partial charge in [-0.05, 0) is 45.4 Å². The Kier molecular flexibility index (Phi) is 5.07. The SMILES string of the molecule is CCCC1CCC(CN)(OC(C)C)CC1. The lowest BCUT2D eigenvalue weighted by Gasteiger charge is -2.40. The fraction of sp³-hybridized carbons (Fsp3) is 1.00. The molecule has 0 aliphatic heterocycles. The summed E-state index contributed by atoms with van der Waals surface area (Å²) in [5.41, 5.74) is 5.88. The molecule has 2 heteroatoms. The molecule has 1 aliphatic carbocycles. The lowest BCUT2D eigenvalue weighted by Crippen LogP contribution is -2.45. The molecule has 15 heavy (non-hydrogen) atoms. The second-order valence-electron chi connectivity index (χ2n) is 5.29. The number of nitrogens with two attached hydrogens (primary N) is 1. The van der Waals surface area contributed by atoms with Crippen LogP contribution in [0.3, 0.4) is 0 Å². The first kappa shape index (κ1) is 13.0. The summed E-state index contributed by atoms with van der Waals surface area (Å²) in [5.74, 6) is 0.922. The van der Waals surface area contributed by atoms with Gasteiger partial charge in [-0.1, -0.05) is 19.8 Å². The summed E-state index contributed by atoms with van der Waals surface area (Å²) in [6, 6.07) is 0. The molecule has 2 nitrogen and oxygen atoms in total. The minimum atomic E-state index is -0.00158. The van der Waals surface area contributed by atoms with Gasteiger partial charge >= 0.3 is 0 Å². The molecule has 0 radical (unpaired) electrons. The highest BCUT2D eigenvalue weighted by Gasteiger charge is 2.35. The Morgan fingerprint density at radius 1 is 1.33 bits per heavy atom. The molecule has 1 saturated carbocycles. The zero-order chi connectivity index (χ0) is 11.3. The highest BCUT2D eigenvalue weighted by molar-refractivity contribution is 4.88. The maximum atomic E-state index is 6.03. The molecule has 0 aromatic carbocycles. The Hall–Kier alpha value is -0.0800. The maximum absolute atomic E-state index is 6.03. The van der Waals surface area contributed by atoms with Crippen molar-refractivity contribution in [3.8, 4) is 0 Å². The van der Waals surface area contributed by atoms with Gasteiger partial charge in [0.1, 0.15) is 0 Å². The van der Waals surface area contributed by atoms with Crippen LogP contribution < -0.4 is 5.73 Å². The van der Waals surface area contributed by atoms with E-state index < -0.39 is 0 Å². The van der Waals surface area contributed by atoms with Gasteiger partial charge < -0.3 is 10.5 Å². The Morgan fingerprint density at radius 3 is 2.33 bits per heavy atom. The van der Waals surface area contributed by atoms with Crippen molar-refractivity contribution in [2.75, 3.05) is 6.54 Å². The fourth-order valence-corrected chi connectivity index (χ4v) is 2.77. The van der Waals surface area contributed by atoms with Gasteiger partial charge in [0, 0.05) is 6.54 Å². The predicted molar refractivity (Wildman–Crippen MR) is 64.9 cm³/mol. The summed E-state index contributed by atoms with van der Waals surface area (Å²) in [7, 11) is 0. The zero-order valence-electron chi connectivity index (χ0n) is 10.6. The number of ether oxygens (including phenoxy) is 1. The van der Waals surface area contributed by atoms with Crippen LogP contribution in [0.15, 0.2) is 0 Å². The van der Waals surface area contributed by atoms with Gasteiger partial charge in [0.05, 0.1) is 11.7 Å². The smallest absolute Gasteiger partial charge is 0.0807 e. The lowest BCUT2D eigenvalue weighted by atomic mass is 9.77. The molecule has 2 N–H and O–H groups in total. The number of hydrogen-bond acceptors (Lipinski definition) is 2. The van der Waals surface area contributed by atoms with E-state index in [1.807, 2.05) is 0 Å². The maximum Gasteiger partial charge on any atom is 0.0807 e. The van der Waals surface area contributed by atoms with Gasteiger partial charge in [0.2, 0.25) is 0 Å². The van der Waals surface area contributed by atoms with Crippen LogP contribution in [0, 0.1) is 5.92 Å². The molecule has 0 saturated heterocycles. The van der Waals surface area contributed by atoms with Crippen LogP contribution in [0.1, 0.15) is 59.3 Å². The normalized spacial score (nSPS) is 32.2. The molecule has 0 spiro atoms. The second kappa shape index (κ2) is 5.86. The van der Waals surface area contributed by atoms with Crippen LogP contribution in [0.5, 0.6) is 0 Å². The lowest BCUT2D eigenvalue weighted by molar-refractivity contribution is -0.101. The van der Waals surface area contributed by atoms with Crippen molar-refractivity contribution >= 4 is 0 Å². The quantitative estimate of drug-likeness (QED) is 0.761. The number of hydrogen-bond donors (Lipinski definition) is 1. The molecule has 1 rings (SSSR count). The van der Waals surface area contributed by atoms with Crippen molar-refractivity contribution in [1.82, 2.24) is 0 Å². The van der Waals surface area contributed by atoms with Gasteiger partial charge in [0.15, 0.2) is 0 Å². The van der Waals surface area contributed by atoms with Crippen LogP contribution in [-0.2, 0) is 4.74 Å². The van der Waals surface area contributed by atoms with E-state index in [2.05, 4.69) is 20.8 Å². The highest BCUT2D eigenvalue weighted by Crippen LogP contribution is 2.36. The molecule has 0 atom stereocenters. The van der Waals surface area contributed by atoms with Crippen molar-refractivity contribution < 1.29 is 4.74 Å². The third-order valence-electron chi connectivity index (χ3n) is 3.57. The summed E-state index contributed by atoms with van der Waals surface area (Å²) >= 11 is 0. The molecule has 90 valence electrons. The molecule has 0 amide bonds. The summed E-state index contributed by atoms with van der Waals surface area (Å²) in [4.78, 5) is 0. The van der Waals surface area contributed by atoms with E-state index in [0.717, 1.165) is 18.8 Å². The fourth-order valence-electron chi connectivity index (χ4n) is 2.77. The van der Waals surface area contributed by atoms with E-state index >= 15 is 0 Å². The van der Waals surface area contributed by atoms with E-state index in [-0.39, 0.29) is 5.60 Å². The zero-order valence-corrected chi connectivity index (χ0v) is 10.6. The summed E-state index contributed by atoms with van der Waals surface area (Å²) in [6.07, 6.45) is 7.92. The Labute approximate surface area is 94.6 Å². The summed E-state index contributed by atoms with van der Waals surface area (Å²) in [5, 5.41) is 0. The minimum absolute atomic E-state index is 0.00158. The molecule has 0 unspecified atom stereocenters. The van der Waals surface area contributed by atoms with Crippen LogP contribution in [0.2, 0.25) is 0 Å². The van der Waals surface area contributed by atoms with Crippen LogP contribution in [-0.4, -0.2) is 18.2 Å². The van der Waals surface area contributed by atoms with Crippen LogP contribution in [0.25, 0.3) is 0 Å². The molecule has 1 aliphatic rings. The standard InChI is InChI=1S/C13H27NO/c1-4-5-12-6-8-13(10-14,9-7-12)15-11(2)3/h11-12H,4-10,14H2,1-3H3. The van der Waals surface area contributed by atoms with E-state index in [1.54, 1.807) is 0 Å². The largest absolute Gasteiger partial charge is 0.371 e. The molecular formula is C13H27NO. The van der Waals surface area contributed by atoms with Gasteiger partial charge in [-0.15, -0.1) is 0 Å². The first-order valence-corrected chi connectivity index (χ1v) is 6.50. The Morgan fingerprint density at radius 2 is 1.93 bits per heavy atom. The van der Waals surface area contributed by atoms with Crippen molar-refractivity contribution in [1.29, 1.82) is 0 Å². The van der Waals surface area contributed by atoms with Crippen molar-refractivity contribution in [3.05, 3.63) is 0 Å². The molecule has 0 heterocycles. The minimum Gasteiger partial charge on any atom is -0.371 e. The Bertz CT molecular complexity index is 171. The van der Waals surface area contributed by atoms with Crippen LogP contribution in [0.4, 0.5) is 0 Å². The van der Waals surface area contributed by atoms with Crippen molar-refractivity contribution in [2.45, 2.75) is 71.0 Å². The molecule has 0 bridgehead atoms. The average Bonchev–Trinajstić information content (AvgIpc) is 2.21. The van der Waals surface area contributed by atoms with Crippen LogP contribution >= 0.6 is 0 Å². The van der Waals surface area contributed by atoms with Crippen molar-refractivity contribution in [2.24, 2.45) is 11.7 Å². The Balaban J connectivity index is 2.43. The average molecular weight is 213 g/mol. The third kappa shape index (κ3) is 3.76. The molecule has 1 fully saturated rings. The number of rotatable bonds is 5. The van der Waals surface area contributed by atoms with E-state index in [4.69, 9.17) is 10.5 Å². The molecule has 0 aromatic rings. The van der Waals surface area contributed by atoms with E-state index in [9.17, 15) is 0 Å². The first-order valence-electron chi connectivity index (χ1n) is 6.50. The summed E-state index contributed by atoms with van der Waals surface area (Å²) < 4.78 is 6.03. The second-order valence-corrected chi connectivity index (χ2v) is 5.29. The monoisotopic (exact) mass is 213 g/mol. The van der Waals surface area contributed by atoms with E-state index in [0.29, 0.717) is 12.6 Å².